The summed E-state index contributed by atoms with van der Waals surface area (Å²) in [7, 11) is 1.56. The first kappa shape index (κ1) is 12.1. The molecule has 0 saturated heterocycles. The first-order chi connectivity index (χ1) is 8.04. The summed E-state index contributed by atoms with van der Waals surface area (Å²) in [4.78, 5) is 3.93. The molecule has 0 aromatic carbocycles. The van der Waals surface area contributed by atoms with Crippen LogP contribution in [0.5, 0.6) is 0 Å². The number of rotatable bonds is 3. The van der Waals surface area contributed by atoms with E-state index in [2.05, 4.69) is 15.6 Å². The molecule has 17 heavy (non-hydrogen) atoms. The number of nitrogens with zero attached hydrogens (tertiary/aromatic N) is 1. The molecule has 94 valence electrons. The third-order valence-electron chi connectivity index (χ3n) is 3.29. The van der Waals surface area contributed by atoms with Crippen LogP contribution in [0.1, 0.15) is 32.6 Å². The molecule has 0 amide bonds. The lowest BCUT2D eigenvalue weighted by molar-refractivity contribution is 0.517. The van der Waals surface area contributed by atoms with Crippen LogP contribution in [0.15, 0.2) is 6.07 Å². The van der Waals surface area contributed by atoms with E-state index in [-0.39, 0.29) is 17.2 Å². The molecule has 1 aromatic heterocycles. The zero-order valence-corrected chi connectivity index (χ0v) is 10.1. The second-order valence-corrected chi connectivity index (χ2v) is 4.79. The Morgan fingerprint density at radius 3 is 2.35 bits per heavy atom. The van der Waals surface area contributed by atoms with Crippen LogP contribution >= 0.6 is 0 Å². The first-order valence-corrected chi connectivity index (χ1v) is 5.86. The fraction of sp³-hybridized carbons (Fsp3) is 0.583. The summed E-state index contributed by atoms with van der Waals surface area (Å²) in [5.74, 6) is -1.13. The smallest absolute Gasteiger partial charge is 0.168 e. The number of anilines is 2. The van der Waals surface area contributed by atoms with Crippen LogP contribution in [0.3, 0.4) is 0 Å². The fourth-order valence-corrected chi connectivity index (χ4v) is 2.30. The monoisotopic (exact) mass is 241 g/mol. The molecule has 1 saturated carbocycles. The van der Waals surface area contributed by atoms with E-state index in [9.17, 15) is 8.78 Å². The predicted molar refractivity (Wildman–Crippen MR) is 64.2 cm³/mol. The van der Waals surface area contributed by atoms with Gasteiger partial charge in [0.25, 0.3) is 0 Å². The molecule has 2 N–H and O–H groups in total. The van der Waals surface area contributed by atoms with Gasteiger partial charge in [-0.05, 0) is 19.8 Å². The lowest BCUT2D eigenvalue weighted by Gasteiger charge is -2.26. The molecule has 5 heteroatoms. The summed E-state index contributed by atoms with van der Waals surface area (Å²) in [6, 6.07) is 0.861. The van der Waals surface area contributed by atoms with Crippen molar-refractivity contribution in [1.29, 1.82) is 0 Å². The van der Waals surface area contributed by atoms with Crippen LogP contribution in [-0.2, 0) is 0 Å². The summed E-state index contributed by atoms with van der Waals surface area (Å²) in [6.45, 7) is 2.05. The van der Waals surface area contributed by atoms with Crippen molar-refractivity contribution in [2.75, 3.05) is 17.7 Å². The van der Waals surface area contributed by atoms with Crippen LogP contribution in [0.4, 0.5) is 20.4 Å². The molecule has 0 radical (unpaired) electrons. The normalized spacial score (nSPS) is 18.1. The largest absolute Gasteiger partial charge is 0.371 e. The van der Waals surface area contributed by atoms with Crippen molar-refractivity contribution >= 4 is 11.6 Å². The number of hydrogen-bond acceptors (Lipinski definition) is 3. The number of aromatic nitrogens is 1. The van der Waals surface area contributed by atoms with Crippen LogP contribution in [-0.4, -0.2) is 17.6 Å². The molecule has 3 nitrogen and oxygen atoms in total. The Bertz CT molecular complexity index is 414. The van der Waals surface area contributed by atoms with E-state index < -0.39 is 11.6 Å². The van der Waals surface area contributed by atoms with Crippen molar-refractivity contribution in [1.82, 2.24) is 4.98 Å². The topological polar surface area (TPSA) is 37.0 Å². The van der Waals surface area contributed by atoms with Crippen LogP contribution < -0.4 is 10.6 Å². The number of hydrogen-bond donors (Lipinski definition) is 2. The summed E-state index contributed by atoms with van der Waals surface area (Å²) in [5.41, 5.74) is -0.128. The summed E-state index contributed by atoms with van der Waals surface area (Å²) < 4.78 is 26.8. The van der Waals surface area contributed by atoms with E-state index in [1.54, 1.807) is 7.05 Å². The van der Waals surface area contributed by atoms with Gasteiger partial charge in [-0.3, -0.25) is 0 Å². The maximum atomic E-state index is 13.6. The Morgan fingerprint density at radius 1 is 1.18 bits per heavy atom. The van der Waals surface area contributed by atoms with Gasteiger partial charge in [0.15, 0.2) is 23.3 Å². The van der Waals surface area contributed by atoms with Crippen molar-refractivity contribution in [3.63, 3.8) is 0 Å². The van der Waals surface area contributed by atoms with Crippen molar-refractivity contribution in [3.05, 3.63) is 17.7 Å². The highest BCUT2D eigenvalue weighted by Gasteiger charge is 2.29. The van der Waals surface area contributed by atoms with E-state index >= 15 is 0 Å². The minimum Gasteiger partial charge on any atom is -0.371 e. The fourth-order valence-electron chi connectivity index (χ4n) is 2.30. The van der Waals surface area contributed by atoms with Gasteiger partial charge in [-0.1, -0.05) is 12.8 Å². The minimum absolute atomic E-state index is 0.0653. The second-order valence-electron chi connectivity index (χ2n) is 4.79. The van der Waals surface area contributed by atoms with Crippen molar-refractivity contribution in [3.8, 4) is 0 Å². The Labute approximate surface area is 99.6 Å². The van der Waals surface area contributed by atoms with E-state index in [0.717, 1.165) is 31.7 Å². The van der Waals surface area contributed by atoms with Crippen molar-refractivity contribution < 1.29 is 8.78 Å². The molecule has 0 spiro atoms. The standard InChI is InChI=1S/C12H17F2N3/c1-12(5-3-4-6-12)17-11-9(14)7-8(13)10(15-2)16-11/h7H,3-6H2,1-2H3,(H2,15,16,17). The number of pyridine rings is 1. The lowest BCUT2D eigenvalue weighted by atomic mass is 10.0. The molecule has 1 aliphatic carbocycles. The van der Waals surface area contributed by atoms with Gasteiger partial charge < -0.3 is 10.6 Å². The Kier molecular flexibility index (Phi) is 3.17. The molecular weight excluding hydrogens is 224 g/mol. The SMILES string of the molecule is CNc1nc(NC2(C)CCCC2)c(F)cc1F. The van der Waals surface area contributed by atoms with Gasteiger partial charge in [-0.25, -0.2) is 13.8 Å². The predicted octanol–water partition coefficient (Wildman–Crippen LogP) is 3.15. The van der Waals surface area contributed by atoms with Gasteiger partial charge in [-0.2, -0.15) is 0 Å². The molecule has 0 aliphatic heterocycles. The third kappa shape index (κ3) is 2.48. The van der Waals surface area contributed by atoms with E-state index in [1.165, 1.54) is 0 Å². The zero-order valence-electron chi connectivity index (χ0n) is 10.1. The summed E-state index contributed by atoms with van der Waals surface area (Å²) in [5, 5.41) is 5.70. The van der Waals surface area contributed by atoms with Crippen LogP contribution in [0, 0.1) is 11.6 Å². The van der Waals surface area contributed by atoms with Gasteiger partial charge in [0, 0.05) is 18.7 Å². The highest BCUT2D eigenvalue weighted by Crippen LogP contribution is 2.33. The molecule has 0 bridgehead atoms. The van der Waals surface area contributed by atoms with Crippen LogP contribution in [0.2, 0.25) is 0 Å². The highest BCUT2D eigenvalue weighted by atomic mass is 19.1. The molecule has 1 aromatic rings. The molecule has 0 atom stereocenters. The lowest BCUT2D eigenvalue weighted by Crippen LogP contribution is -2.32. The van der Waals surface area contributed by atoms with E-state index in [0.29, 0.717) is 0 Å². The molecule has 2 rings (SSSR count). The van der Waals surface area contributed by atoms with E-state index in [1.807, 2.05) is 6.92 Å². The molecule has 1 aliphatic rings. The minimum atomic E-state index is -0.674. The van der Waals surface area contributed by atoms with Crippen molar-refractivity contribution in [2.24, 2.45) is 0 Å². The summed E-state index contributed by atoms with van der Waals surface area (Å²) in [6.07, 6.45) is 4.23. The third-order valence-corrected chi connectivity index (χ3v) is 3.29. The molecular formula is C12H17F2N3. The van der Waals surface area contributed by atoms with Gasteiger partial charge in [0.2, 0.25) is 0 Å². The maximum Gasteiger partial charge on any atom is 0.168 e. The Balaban J connectivity index is 2.26. The molecule has 0 unspecified atom stereocenters. The quantitative estimate of drug-likeness (QED) is 0.853. The molecule has 1 fully saturated rings. The average Bonchev–Trinajstić information content (AvgIpc) is 2.69. The van der Waals surface area contributed by atoms with Gasteiger partial charge in [0.1, 0.15) is 0 Å². The first-order valence-electron chi connectivity index (χ1n) is 5.86. The molecule has 1 heterocycles. The van der Waals surface area contributed by atoms with Gasteiger partial charge >= 0.3 is 0 Å². The summed E-state index contributed by atoms with van der Waals surface area (Å²) >= 11 is 0. The number of nitrogens with one attached hydrogen (secondary N) is 2. The number of halogens is 2. The van der Waals surface area contributed by atoms with Crippen molar-refractivity contribution in [2.45, 2.75) is 38.1 Å². The van der Waals surface area contributed by atoms with E-state index in [4.69, 9.17) is 0 Å². The van der Waals surface area contributed by atoms with Crippen LogP contribution in [0.25, 0.3) is 0 Å². The van der Waals surface area contributed by atoms with Gasteiger partial charge in [0.05, 0.1) is 0 Å². The maximum absolute atomic E-state index is 13.6. The Hall–Kier alpha value is -1.39. The van der Waals surface area contributed by atoms with Gasteiger partial charge in [-0.15, -0.1) is 0 Å². The Morgan fingerprint density at radius 2 is 1.76 bits per heavy atom. The average molecular weight is 241 g/mol. The zero-order chi connectivity index (χ0) is 12.5. The highest BCUT2D eigenvalue weighted by molar-refractivity contribution is 5.48. The second kappa shape index (κ2) is 4.47.